The van der Waals surface area contributed by atoms with Gasteiger partial charge in [-0.3, -0.25) is 4.79 Å². The van der Waals surface area contributed by atoms with Crippen LogP contribution in [-0.2, 0) is 19.6 Å². The van der Waals surface area contributed by atoms with E-state index >= 15 is 0 Å². The quantitative estimate of drug-likeness (QED) is 0.492. The van der Waals surface area contributed by atoms with E-state index in [1.807, 2.05) is 0 Å². The molecule has 0 fully saturated rings. The fourth-order valence-electron chi connectivity index (χ4n) is 0.684. The zero-order chi connectivity index (χ0) is 10.5. The van der Waals surface area contributed by atoms with Gasteiger partial charge in [-0.15, -0.1) is 11.6 Å². The van der Waals surface area contributed by atoms with Crippen molar-refractivity contribution in [2.75, 3.05) is 25.4 Å². The Morgan fingerprint density at radius 2 is 2.08 bits per heavy atom. The number of halogens is 1. The standard InChI is InChI=1S/C6H12ClNO4S/c1-3-8(4-6(9)12-2)13(10,11)5-7/h3-5H2,1-2H3. The summed E-state index contributed by atoms with van der Waals surface area (Å²) in [6.07, 6.45) is 0. The van der Waals surface area contributed by atoms with Crippen LogP contribution < -0.4 is 0 Å². The van der Waals surface area contributed by atoms with Crippen molar-refractivity contribution in [3.8, 4) is 0 Å². The number of alkyl halides is 1. The lowest BCUT2D eigenvalue weighted by atomic mass is 10.6. The molecular formula is C6H12ClNO4S. The molecule has 0 saturated carbocycles. The maximum absolute atomic E-state index is 11.2. The molecule has 0 aromatic heterocycles. The first-order chi connectivity index (χ1) is 5.97. The molecule has 0 aromatic carbocycles. The van der Waals surface area contributed by atoms with Crippen LogP contribution in [0.25, 0.3) is 0 Å². The summed E-state index contributed by atoms with van der Waals surface area (Å²) in [5.41, 5.74) is 0. The predicted molar refractivity (Wildman–Crippen MR) is 48.9 cm³/mol. The van der Waals surface area contributed by atoms with Crippen molar-refractivity contribution in [1.82, 2.24) is 4.31 Å². The molecule has 7 heteroatoms. The van der Waals surface area contributed by atoms with Gasteiger partial charge in [0.2, 0.25) is 10.0 Å². The van der Waals surface area contributed by atoms with Crippen LogP contribution in [0.2, 0.25) is 0 Å². The van der Waals surface area contributed by atoms with Crippen molar-refractivity contribution in [2.24, 2.45) is 0 Å². The largest absolute Gasteiger partial charge is 0.468 e. The van der Waals surface area contributed by atoms with Gasteiger partial charge in [-0.25, -0.2) is 8.42 Å². The third-order valence-electron chi connectivity index (χ3n) is 1.42. The van der Waals surface area contributed by atoms with Crippen LogP contribution in [0.4, 0.5) is 0 Å². The van der Waals surface area contributed by atoms with Gasteiger partial charge in [-0.1, -0.05) is 6.92 Å². The Kier molecular flexibility index (Phi) is 5.27. The number of esters is 1. The second kappa shape index (κ2) is 5.41. The number of nitrogens with zero attached hydrogens (tertiary/aromatic N) is 1. The van der Waals surface area contributed by atoms with Crippen molar-refractivity contribution in [2.45, 2.75) is 6.92 Å². The lowest BCUT2D eigenvalue weighted by Crippen LogP contribution is -2.36. The zero-order valence-electron chi connectivity index (χ0n) is 7.49. The third kappa shape index (κ3) is 3.93. The Morgan fingerprint density at radius 1 is 1.54 bits per heavy atom. The highest BCUT2D eigenvalue weighted by molar-refractivity contribution is 7.90. The monoisotopic (exact) mass is 229 g/mol. The van der Waals surface area contributed by atoms with Crippen LogP contribution in [0, 0.1) is 0 Å². The summed E-state index contributed by atoms with van der Waals surface area (Å²) in [5.74, 6) is -0.601. The first-order valence-electron chi connectivity index (χ1n) is 3.58. The van der Waals surface area contributed by atoms with Crippen molar-refractivity contribution >= 4 is 27.6 Å². The number of sulfonamides is 1. The van der Waals surface area contributed by atoms with Crippen LogP contribution in [0.1, 0.15) is 6.92 Å². The number of rotatable bonds is 5. The molecule has 0 saturated heterocycles. The predicted octanol–water partition coefficient (Wildman–Crippen LogP) is 0.00740. The average molecular weight is 230 g/mol. The lowest BCUT2D eigenvalue weighted by molar-refractivity contribution is -0.140. The molecule has 0 amide bonds. The molecule has 0 rings (SSSR count). The second-order valence-corrected chi connectivity index (χ2v) is 4.78. The summed E-state index contributed by atoms with van der Waals surface area (Å²) in [6, 6.07) is 0. The molecule has 0 spiro atoms. The molecule has 0 unspecified atom stereocenters. The molecule has 0 bridgehead atoms. The fraction of sp³-hybridized carbons (Fsp3) is 0.833. The average Bonchev–Trinajstić information content (AvgIpc) is 2.13. The normalized spacial score (nSPS) is 11.7. The number of methoxy groups -OCH3 is 1. The number of ether oxygens (including phenoxy) is 1. The molecule has 0 aliphatic rings. The number of likely N-dealkylation sites (N-methyl/N-ethyl adjacent to an activating group) is 1. The molecular weight excluding hydrogens is 218 g/mol. The van der Waals surface area contributed by atoms with E-state index in [0.717, 1.165) is 4.31 Å². The highest BCUT2D eigenvalue weighted by atomic mass is 35.5. The number of hydrogen-bond acceptors (Lipinski definition) is 4. The highest BCUT2D eigenvalue weighted by Gasteiger charge is 2.21. The van der Waals surface area contributed by atoms with Crippen LogP contribution in [0.15, 0.2) is 0 Å². The molecule has 0 radical (unpaired) electrons. The van der Waals surface area contributed by atoms with Gasteiger partial charge in [0.15, 0.2) is 0 Å². The van der Waals surface area contributed by atoms with Crippen molar-refractivity contribution in [3.05, 3.63) is 0 Å². The van der Waals surface area contributed by atoms with Gasteiger partial charge in [-0.05, 0) is 0 Å². The van der Waals surface area contributed by atoms with Crippen molar-refractivity contribution in [1.29, 1.82) is 0 Å². The Labute approximate surface area is 82.7 Å². The Morgan fingerprint density at radius 3 is 2.38 bits per heavy atom. The number of carbonyl (C=O) groups excluding carboxylic acids is 1. The van der Waals surface area contributed by atoms with Crippen LogP contribution in [0.5, 0.6) is 0 Å². The summed E-state index contributed by atoms with van der Waals surface area (Å²) >= 11 is 5.21. The Bertz CT molecular complexity index is 264. The molecule has 13 heavy (non-hydrogen) atoms. The Hall–Kier alpha value is -0.330. The molecule has 0 aromatic rings. The maximum atomic E-state index is 11.2. The van der Waals surface area contributed by atoms with Crippen molar-refractivity contribution in [3.63, 3.8) is 0 Å². The molecule has 0 atom stereocenters. The third-order valence-corrected chi connectivity index (χ3v) is 3.69. The number of hydrogen-bond donors (Lipinski definition) is 0. The van der Waals surface area contributed by atoms with E-state index in [1.165, 1.54) is 7.11 Å². The first-order valence-corrected chi connectivity index (χ1v) is 5.73. The molecule has 0 N–H and O–H groups in total. The van der Waals surface area contributed by atoms with Gasteiger partial charge in [-0.2, -0.15) is 4.31 Å². The minimum atomic E-state index is -3.52. The van der Waals surface area contributed by atoms with E-state index < -0.39 is 21.2 Å². The SMILES string of the molecule is CCN(CC(=O)OC)S(=O)(=O)CCl. The molecule has 0 aliphatic heterocycles. The van der Waals surface area contributed by atoms with E-state index in [-0.39, 0.29) is 13.1 Å². The number of carbonyl (C=O) groups is 1. The van der Waals surface area contributed by atoms with E-state index in [4.69, 9.17) is 11.6 Å². The van der Waals surface area contributed by atoms with E-state index in [2.05, 4.69) is 4.74 Å². The van der Waals surface area contributed by atoms with Gasteiger partial charge in [0.1, 0.15) is 11.8 Å². The van der Waals surface area contributed by atoms with E-state index in [0.29, 0.717) is 0 Å². The van der Waals surface area contributed by atoms with Gasteiger partial charge < -0.3 is 4.74 Å². The minimum absolute atomic E-state index is 0.199. The summed E-state index contributed by atoms with van der Waals surface area (Å²) in [7, 11) is -2.32. The maximum Gasteiger partial charge on any atom is 0.321 e. The summed E-state index contributed by atoms with van der Waals surface area (Å²) in [4.78, 5) is 10.8. The van der Waals surface area contributed by atoms with E-state index in [1.54, 1.807) is 6.92 Å². The second-order valence-electron chi connectivity index (χ2n) is 2.22. The first kappa shape index (κ1) is 12.7. The van der Waals surface area contributed by atoms with Crippen molar-refractivity contribution < 1.29 is 17.9 Å². The fourth-order valence-corrected chi connectivity index (χ4v) is 1.93. The molecule has 78 valence electrons. The minimum Gasteiger partial charge on any atom is -0.468 e. The topological polar surface area (TPSA) is 63.7 Å². The summed E-state index contributed by atoms with van der Waals surface area (Å²) < 4.78 is 27.6. The molecule has 5 nitrogen and oxygen atoms in total. The van der Waals surface area contributed by atoms with Crippen LogP contribution >= 0.6 is 11.6 Å². The summed E-state index contributed by atoms with van der Waals surface area (Å²) in [6.45, 7) is 1.53. The molecule has 0 aliphatic carbocycles. The highest BCUT2D eigenvalue weighted by Crippen LogP contribution is 2.02. The van der Waals surface area contributed by atoms with Gasteiger partial charge in [0.25, 0.3) is 0 Å². The van der Waals surface area contributed by atoms with Gasteiger partial charge >= 0.3 is 5.97 Å². The van der Waals surface area contributed by atoms with E-state index in [9.17, 15) is 13.2 Å². The van der Waals surface area contributed by atoms with Crippen LogP contribution in [-0.4, -0.2) is 44.1 Å². The molecule has 0 heterocycles. The lowest BCUT2D eigenvalue weighted by Gasteiger charge is -2.16. The van der Waals surface area contributed by atoms with Crippen LogP contribution in [0.3, 0.4) is 0 Å². The summed E-state index contributed by atoms with van der Waals surface area (Å²) in [5, 5.41) is -0.530. The van der Waals surface area contributed by atoms with Gasteiger partial charge in [0.05, 0.1) is 7.11 Å². The zero-order valence-corrected chi connectivity index (χ0v) is 9.06. The Balaban J connectivity index is 4.44. The smallest absolute Gasteiger partial charge is 0.321 e. The van der Waals surface area contributed by atoms with Gasteiger partial charge in [0, 0.05) is 6.54 Å².